The molecule has 0 saturated heterocycles. The Morgan fingerprint density at radius 2 is 1.95 bits per heavy atom. The highest BCUT2D eigenvalue weighted by molar-refractivity contribution is 6.86. The molecule has 0 amide bonds. The van der Waals surface area contributed by atoms with Crippen LogP contribution in [0.25, 0.3) is 10.9 Å². The van der Waals surface area contributed by atoms with Crippen LogP contribution in [0.1, 0.15) is 5.56 Å². The average molecular weight is 306 g/mol. The van der Waals surface area contributed by atoms with Crippen molar-refractivity contribution in [2.45, 2.75) is 19.7 Å². The Hall–Kier alpha value is -2.17. The molecule has 1 N–H and O–H groups in total. The summed E-state index contributed by atoms with van der Waals surface area (Å²) in [7, 11) is -1.80. The van der Waals surface area contributed by atoms with Crippen molar-refractivity contribution >= 4 is 35.8 Å². The van der Waals surface area contributed by atoms with E-state index in [2.05, 4.69) is 53.7 Å². The van der Waals surface area contributed by atoms with Gasteiger partial charge in [-0.3, -0.25) is 4.98 Å². The van der Waals surface area contributed by atoms with Crippen LogP contribution in [0.15, 0.2) is 54.7 Å². The molecule has 2 aromatic carbocycles. The van der Waals surface area contributed by atoms with Crippen molar-refractivity contribution in [3.63, 3.8) is 0 Å². The van der Waals surface area contributed by atoms with Gasteiger partial charge in [-0.1, -0.05) is 30.3 Å². The maximum Gasteiger partial charge on any atom is 0.221 e. The number of nitrogens with one attached hydrogen (secondary N) is 1. The highest BCUT2D eigenvalue weighted by atomic mass is 28.4. The fourth-order valence-corrected chi connectivity index (χ4v) is 5.54. The molecule has 0 radical (unpaired) electrons. The molecule has 3 nitrogen and oxygen atoms in total. The van der Waals surface area contributed by atoms with Crippen LogP contribution in [0.2, 0.25) is 13.1 Å². The Kier molecular flexibility index (Phi) is 3.02. The van der Waals surface area contributed by atoms with Gasteiger partial charge in [-0.2, -0.15) is 0 Å². The van der Waals surface area contributed by atoms with Gasteiger partial charge in [0.15, 0.2) is 0 Å². The highest BCUT2D eigenvalue weighted by Gasteiger charge is 2.36. The fourth-order valence-electron chi connectivity index (χ4n) is 3.16. The van der Waals surface area contributed by atoms with Gasteiger partial charge in [0.1, 0.15) is 0 Å². The molecular formula is C18H18N2OSi. The van der Waals surface area contributed by atoms with Crippen LogP contribution >= 0.6 is 0 Å². The number of pyridine rings is 1. The number of para-hydroxylation sites is 1. The molecule has 0 bridgehead atoms. The zero-order chi connectivity index (χ0) is 15.2. The molecule has 2 heterocycles. The minimum absolute atomic E-state index is 0.736. The largest absolute Gasteiger partial charge is 0.409 e. The predicted octanol–water partition coefficient (Wildman–Crippen LogP) is 3.92. The SMILES string of the molecule is C[Si]1(C)OCc2cccc(Nc3cnc4ccccc4c3)c21. The van der Waals surface area contributed by atoms with E-state index in [-0.39, 0.29) is 0 Å². The highest BCUT2D eigenvalue weighted by Crippen LogP contribution is 2.27. The minimum Gasteiger partial charge on any atom is -0.409 e. The van der Waals surface area contributed by atoms with Crippen LogP contribution < -0.4 is 10.5 Å². The summed E-state index contributed by atoms with van der Waals surface area (Å²) in [5, 5.41) is 6.07. The number of hydrogen-bond donors (Lipinski definition) is 1. The van der Waals surface area contributed by atoms with Crippen LogP contribution in [0, 0.1) is 0 Å². The second kappa shape index (κ2) is 4.93. The monoisotopic (exact) mass is 306 g/mol. The van der Waals surface area contributed by atoms with Gasteiger partial charge in [-0.05, 0) is 42.0 Å². The molecule has 0 aliphatic carbocycles. The first-order chi connectivity index (χ1) is 10.6. The van der Waals surface area contributed by atoms with Crippen LogP contribution in [-0.4, -0.2) is 13.3 Å². The van der Waals surface area contributed by atoms with Crippen molar-refractivity contribution < 1.29 is 4.43 Å². The molecule has 0 saturated carbocycles. The lowest BCUT2D eigenvalue weighted by Crippen LogP contribution is -2.41. The Labute approximate surface area is 131 Å². The molecule has 1 aliphatic heterocycles. The van der Waals surface area contributed by atoms with E-state index >= 15 is 0 Å². The van der Waals surface area contributed by atoms with Gasteiger partial charge >= 0.3 is 0 Å². The molecule has 0 fully saturated rings. The second-order valence-electron chi connectivity index (χ2n) is 6.18. The third-order valence-electron chi connectivity index (χ3n) is 4.21. The van der Waals surface area contributed by atoms with E-state index in [4.69, 9.17) is 4.43 Å². The van der Waals surface area contributed by atoms with Crippen molar-refractivity contribution in [3.05, 3.63) is 60.3 Å². The summed E-state index contributed by atoms with van der Waals surface area (Å²) in [5.41, 5.74) is 4.51. The molecule has 0 spiro atoms. The lowest BCUT2D eigenvalue weighted by Gasteiger charge is -2.19. The zero-order valence-corrected chi connectivity index (χ0v) is 13.8. The summed E-state index contributed by atoms with van der Waals surface area (Å²) in [6.07, 6.45) is 1.89. The molecule has 3 aromatic rings. The van der Waals surface area contributed by atoms with Gasteiger partial charge in [0, 0.05) is 11.1 Å². The molecule has 4 heteroatoms. The van der Waals surface area contributed by atoms with E-state index in [1.165, 1.54) is 10.8 Å². The quantitative estimate of drug-likeness (QED) is 0.729. The molecular weight excluding hydrogens is 288 g/mol. The van der Waals surface area contributed by atoms with Gasteiger partial charge in [-0.25, -0.2) is 0 Å². The van der Waals surface area contributed by atoms with E-state index in [9.17, 15) is 0 Å². The summed E-state index contributed by atoms with van der Waals surface area (Å²) in [4.78, 5) is 4.52. The zero-order valence-electron chi connectivity index (χ0n) is 12.8. The number of aromatic nitrogens is 1. The summed E-state index contributed by atoms with van der Waals surface area (Å²) in [6, 6.07) is 16.7. The van der Waals surface area contributed by atoms with E-state index in [0.717, 1.165) is 28.9 Å². The summed E-state index contributed by atoms with van der Waals surface area (Å²) >= 11 is 0. The van der Waals surface area contributed by atoms with Gasteiger partial charge in [0.25, 0.3) is 0 Å². The fraction of sp³-hybridized carbons (Fsp3) is 0.167. The molecule has 1 aromatic heterocycles. The topological polar surface area (TPSA) is 34.1 Å². The lowest BCUT2D eigenvalue weighted by molar-refractivity contribution is 0.320. The number of benzene rings is 2. The van der Waals surface area contributed by atoms with Crippen molar-refractivity contribution in [1.29, 1.82) is 0 Å². The summed E-state index contributed by atoms with van der Waals surface area (Å²) in [6.45, 7) is 5.24. The van der Waals surface area contributed by atoms with Crippen LogP contribution in [0.5, 0.6) is 0 Å². The summed E-state index contributed by atoms with van der Waals surface area (Å²) < 4.78 is 6.04. The van der Waals surface area contributed by atoms with Gasteiger partial charge in [0.05, 0.1) is 24.0 Å². The predicted molar refractivity (Wildman–Crippen MR) is 93.4 cm³/mol. The standard InChI is InChI=1S/C18H18N2OSi/c1-22(2)18-14(12-21-22)7-5-9-17(18)20-15-10-13-6-3-4-8-16(13)19-11-15/h3-11,20H,12H2,1-2H3. The smallest absolute Gasteiger partial charge is 0.221 e. The third kappa shape index (κ3) is 2.21. The molecule has 0 unspecified atom stereocenters. The normalized spacial score (nSPS) is 15.7. The molecule has 22 heavy (non-hydrogen) atoms. The molecule has 4 rings (SSSR count). The maximum absolute atomic E-state index is 6.04. The van der Waals surface area contributed by atoms with E-state index in [1.54, 1.807) is 0 Å². The van der Waals surface area contributed by atoms with Crippen molar-refractivity contribution in [2.75, 3.05) is 5.32 Å². The van der Waals surface area contributed by atoms with Gasteiger partial charge < -0.3 is 9.74 Å². The number of hydrogen-bond acceptors (Lipinski definition) is 3. The number of rotatable bonds is 2. The maximum atomic E-state index is 6.04. The van der Waals surface area contributed by atoms with E-state index in [1.807, 2.05) is 24.4 Å². The number of fused-ring (bicyclic) bond motifs is 2. The van der Waals surface area contributed by atoms with E-state index in [0.29, 0.717) is 0 Å². The van der Waals surface area contributed by atoms with Crippen LogP contribution in [0.4, 0.5) is 11.4 Å². The van der Waals surface area contributed by atoms with Gasteiger partial charge in [-0.15, -0.1) is 0 Å². The van der Waals surface area contributed by atoms with Crippen molar-refractivity contribution in [3.8, 4) is 0 Å². The first-order valence-corrected chi connectivity index (χ1v) is 10.4. The number of anilines is 2. The Morgan fingerprint density at radius 3 is 2.86 bits per heavy atom. The Bertz CT molecular complexity index is 861. The number of nitrogens with zero attached hydrogens (tertiary/aromatic N) is 1. The summed E-state index contributed by atoms with van der Waals surface area (Å²) in [5.74, 6) is 0. The molecule has 0 atom stereocenters. The van der Waals surface area contributed by atoms with Crippen molar-refractivity contribution in [1.82, 2.24) is 4.98 Å². The van der Waals surface area contributed by atoms with Gasteiger partial charge in [0.2, 0.25) is 8.32 Å². The average Bonchev–Trinajstić information content (AvgIpc) is 2.84. The molecule has 1 aliphatic rings. The Balaban J connectivity index is 1.76. The lowest BCUT2D eigenvalue weighted by atomic mass is 10.2. The molecule has 110 valence electrons. The van der Waals surface area contributed by atoms with E-state index < -0.39 is 8.32 Å². The first kappa shape index (κ1) is 13.5. The Morgan fingerprint density at radius 1 is 1.09 bits per heavy atom. The van der Waals surface area contributed by atoms with Crippen molar-refractivity contribution in [2.24, 2.45) is 0 Å². The van der Waals surface area contributed by atoms with Crippen LogP contribution in [-0.2, 0) is 11.0 Å². The second-order valence-corrected chi connectivity index (χ2v) is 9.99. The first-order valence-electron chi connectivity index (χ1n) is 7.52. The minimum atomic E-state index is -1.80. The van der Waals surface area contributed by atoms with Crippen LogP contribution in [0.3, 0.4) is 0 Å². The third-order valence-corrected chi connectivity index (χ3v) is 6.87.